The van der Waals surface area contributed by atoms with E-state index in [4.69, 9.17) is 5.73 Å². The van der Waals surface area contributed by atoms with Crippen molar-refractivity contribution in [3.8, 4) is 0 Å². The van der Waals surface area contributed by atoms with Crippen LogP contribution in [-0.2, 0) is 0 Å². The zero-order valence-electron chi connectivity index (χ0n) is 8.52. The average molecular weight is 205 g/mol. The molecular formula is C11H15N3O. The molecule has 4 nitrogen and oxygen atoms in total. The van der Waals surface area contributed by atoms with Gasteiger partial charge in [0.1, 0.15) is 0 Å². The van der Waals surface area contributed by atoms with Crippen LogP contribution >= 0.6 is 0 Å². The normalized spacial score (nSPS) is 21.4. The van der Waals surface area contributed by atoms with Gasteiger partial charge in [-0.2, -0.15) is 0 Å². The van der Waals surface area contributed by atoms with E-state index < -0.39 is 0 Å². The minimum absolute atomic E-state index is 0.0181. The summed E-state index contributed by atoms with van der Waals surface area (Å²) < 4.78 is 0. The van der Waals surface area contributed by atoms with Crippen LogP contribution in [0.4, 0.5) is 0 Å². The molecule has 0 radical (unpaired) electrons. The van der Waals surface area contributed by atoms with Gasteiger partial charge in [0.15, 0.2) is 0 Å². The molecule has 2 rings (SSSR count). The summed E-state index contributed by atoms with van der Waals surface area (Å²) in [4.78, 5) is 13.7. The van der Waals surface area contributed by atoms with Crippen molar-refractivity contribution in [2.75, 3.05) is 19.6 Å². The summed E-state index contributed by atoms with van der Waals surface area (Å²) in [5.74, 6) is 0.0181. The molecule has 1 aromatic carbocycles. The molecule has 1 amide bonds. The van der Waals surface area contributed by atoms with Crippen LogP contribution in [-0.4, -0.2) is 36.6 Å². The number of piperazine rings is 1. The van der Waals surface area contributed by atoms with E-state index in [2.05, 4.69) is 5.32 Å². The van der Waals surface area contributed by atoms with E-state index in [1.54, 1.807) is 4.90 Å². The number of hydrogen-bond donors (Lipinski definition) is 2. The number of amides is 1. The van der Waals surface area contributed by atoms with Crippen molar-refractivity contribution < 1.29 is 4.79 Å². The lowest BCUT2D eigenvalue weighted by molar-refractivity contribution is 0.0643. The molecular weight excluding hydrogens is 190 g/mol. The minimum atomic E-state index is -0.216. The maximum atomic E-state index is 12.0. The maximum absolute atomic E-state index is 12.0. The molecule has 1 heterocycles. The summed E-state index contributed by atoms with van der Waals surface area (Å²) in [6.45, 7) is 2.15. The first-order chi connectivity index (χ1) is 7.29. The highest BCUT2D eigenvalue weighted by Gasteiger charge is 2.23. The van der Waals surface area contributed by atoms with E-state index in [0.717, 1.165) is 6.54 Å². The lowest BCUT2D eigenvalue weighted by Gasteiger charge is -2.33. The Kier molecular flexibility index (Phi) is 2.99. The third kappa shape index (κ3) is 2.16. The zero-order valence-corrected chi connectivity index (χ0v) is 8.52. The Morgan fingerprint density at radius 3 is 2.80 bits per heavy atom. The van der Waals surface area contributed by atoms with Crippen molar-refractivity contribution in [1.82, 2.24) is 10.2 Å². The van der Waals surface area contributed by atoms with Gasteiger partial charge in [0.05, 0.1) is 6.17 Å². The molecule has 1 atom stereocenters. The van der Waals surface area contributed by atoms with Crippen molar-refractivity contribution in [2.24, 2.45) is 5.73 Å². The molecule has 3 N–H and O–H groups in total. The van der Waals surface area contributed by atoms with Crippen LogP contribution in [0.1, 0.15) is 10.4 Å². The van der Waals surface area contributed by atoms with Crippen molar-refractivity contribution >= 4 is 5.91 Å². The molecule has 1 saturated heterocycles. The molecule has 0 aliphatic carbocycles. The standard InChI is InChI=1S/C11H15N3O/c12-10-8-13-6-7-14(10)11(15)9-4-2-1-3-5-9/h1-5,10,13H,6-8,12H2. The van der Waals surface area contributed by atoms with Crippen LogP contribution in [0.2, 0.25) is 0 Å². The fraction of sp³-hybridized carbons (Fsp3) is 0.364. The molecule has 1 fully saturated rings. The van der Waals surface area contributed by atoms with Crippen LogP contribution in [0, 0.1) is 0 Å². The molecule has 15 heavy (non-hydrogen) atoms. The highest BCUT2D eigenvalue weighted by atomic mass is 16.2. The monoisotopic (exact) mass is 205 g/mol. The molecule has 1 unspecified atom stereocenters. The number of nitrogens with one attached hydrogen (secondary N) is 1. The van der Waals surface area contributed by atoms with Gasteiger partial charge in [-0.1, -0.05) is 18.2 Å². The number of rotatable bonds is 1. The summed E-state index contributed by atoms with van der Waals surface area (Å²) in [6, 6.07) is 9.25. The number of carbonyl (C=O) groups excluding carboxylic acids is 1. The number of nitrogens with two attached hydrogens (primary N) is 1. The Morgan fingerprint density at radius 2 is 2.13 bits per heavy atom. The topological polar surface area (TPSA) is 58.4 Å². The summed E-state index contributed by atoms with van der Waals surface area (Å²) in [5.41, 5.74) is 6.56. The lowest BCUT2D eigenvalue weighted by atomic mass is 10.2. The zero-order chi connectivity index (χ0) is 10.7. The van der Waals surface area contributed by atoms with E-state index in [1.165, 1.54) is 0 Å². The predicted octanol–water partition coefficient (Wildman–Crippen LogP) is 0.0168. The van der Waals surface area contributed by atoms with Gasteiger partial charge < -0.3 is 16.0 Å². The smallest absolute Gasteiger partial charge is 0.255 e. The van der Waals surface area contributed by atoms with E-state index in [1.807, 2.05) is 30.3 Å². The van der Waals surface area contributed by atoms with Gasteiger partial charge in [0, 0.05) is 25.2 Å². The van der Waals surface area contributed by atoms with Gasteiger partial charge >= 0.3 is 0 Å². The Labute approximate surface area is 89.1 Å². The summed E-state index contributed by atoms with van der Waals surface area (Å²) in [5, 5.41) is 3.15. The van der Waals surface area contributed by atoms with Gasteiger partial charge in [0.25, 0.3) is 5.91 Å². The molecule has 0 bridgehead atoms. The third-order valence-corrected chi connectivity index (χ3v) is 2.56. The highest BCUT2D eigenvalue weighted by Crippen LogP contribution is 2.07. The summed E-state index contributed by atoms with van der Waals surface area (Å²) in [6.07, 6.45) is -0.216. The van der Waals surface area contributed by atoms with Crippen LogP contribution in [0.25, 0.3) is 0 Å². The second-order valence-electron chi connectivity index (χ2n) is 3.64. The fourth-order valence-corrected chi connectivity index (χ4v) is 1.72. The van der Waals surface area contributed by atoms with Gasteiger partial charge in [-0.25, -0.2) is 0 Å². The largest absolute Gasteiger partial charge is 0.321 e. The second-order valence-corrected chi connectivity index (χ2v) is 3.64. The van der Waals surface area contributed by atoms with Crippen LogP contribution < -0.4 is 11.1 Å². The molecule has 80 valence electrons. The summed E-state index contributed by atoms with van der Waals surface area (Å²) >= 11 is 0. The van der Waals surface area contributed by atoms with Gasteiger partial charge in [-0.15, -0.1) is 0 Å². The molecule has 1 aromatic rings. The maximum Gasteiger partial charge on any atom is 0.255 e. The molecule has 1 aliphatic heterocycles. The first-order valence-corrected chi connectivity index (χ1v) is 5.11. The number of carbonyl (C=O) groups is 1. The van der Waals surface area contributed by atoms with E-state index >= 15 is 0 Å². The van der Waals surface area contributed by atoms with E-state index in [0.29, 0.717) is 18.7 Å². The second kappa shape index (κ2) is 4.42. The molecule has 0 aromatic heterocycles. The first-order valence-electron chi connectivity index (χ1n) is 5.11. The Morgan fingerprint density at radius 1 is 1.40 bits per heavy atom. The first kappa shape index (κ1) is 10.1. The molecule has 4 heteroatoms. The number of hydrogen-bond acceptors (Lipinski definition) is 3. The third-order valence-electron chi connectivity index (χ3n) is 2.56. The molecule has 1 aliphatic rings. The number of benzene rings is 1. The van der Waals surface area contributed by atoms with Crippen LogP contribution in [0.3, 0.4) is 0 Å². The molecule has 0 saturated carbocycles. The van der Waals surface area contributed by atoms with Gasteiger partial charge in [-0.3, -0.25) is 4.79 Å². The minimum Gasteiger partial charge on any atom is -0.321 e. The lowest BCUT2D eigenvalue weighted by Crippen LogP contribution is -2.57. The van der Waals surface area contributed by atoms with Crippen LogP contribution in [0.15, 0.2) is 30.3 Å². The average Bonchev–Trinajstić information content (AvgIpc) is 2.30. The van der Waals surface area contributed by atoms with E-state index in [9.17, 15) is 4.79 Å². The quantitative estimate of drug-likeness (QED) is 0.679. The Hall–Kier alpha value is -1.39. The van der Waals surface area contributed by atoms with Crippen molar-refractivity contribution in [3.63, 3.8) is 0 Å². The van der Waals surface area contributed by atoms with E-state index in [-0.39, 0.29) is 12.1 Å². The number of nitrogens with zero attached hydrogens (tertiary/aromatic N) is 1. The predicted molar refractivity (Wildman–Crippen MR) is 58.3 cm³/mol. The fourth-order valence-electron chi connectivity index (χ4n) is 1.72. The summed E-state index contributed by atoms with van der Waals surface area (Å²) in [7, 11) is 0. The SMILES string of the molecule is NC1CNCCN1C(=O)c1ccccc1. The van der Waals surface area contributed by atoms with Gasteiger partial charge in [-0.05, 0) is 12.1 Å². The molecule has 0 spiro atoms. The highest BCUT2D eigenvalue weighted by molar-refractivity contribution is 5.94. The van der Waals surface area contributed by atoms with Crippen molar-refractivity contribution in [1.29, 1.82) is 0 Å². The Balaban J connectivity index is 2.13. The van der Waals surface area contributed by atoms with Crippen molar-refractivity contribution in [2.45, 2.75) is 6.17 Å². The van der Waals surface area contributed by atoms with Crippen LogP contribution in [0.5, 0.6) is 0 Å². The van der Waals surface area contributed by atoms with Crippen molar-refractivity contribution in [3.05, 3.63) is 35.9 Å². The van der Waals surface area contributed by atoms with Gasteiger partial charge in [0.2, 0.25) is 0 Å². The Bertz CT molecular complexity index is 339.